The van der Waals surface area contributed by atoms with Gasteiger partial charge in [-0.15, -0.1) is 0 Å². The molecular weight excluding hydrogens is 514 g/mol. The van der Waals surface area contributed by atoms with Crippen molar-refractivity contribution in [3.8, 4) is 11.5 Å². The summed E-state index contributed by atoms with van der Waals surface area (Å²) in [5, 5.41) is 6.05. The summed E-state index contributed by atoms with van der Waals surface area (Å²) in [6.45, 7) is 7.77. The van der Waals surface area contributed by atoms with Crippen molar-refractivity contribution in [1.29, 1.82) is 0 Å². The van der Waals surface area contributed by atoms with E-state index in [1.807, 2.05) is 55.5 Å². The normalized spacial score (nSPS) is 16.3. The average molecular weight is 542 g/mol. The SMILES string of the molecule is CCOC(=O)C1=C(C)N=C2SC=CN2[C@@H]1c1ccc(OCC(=O)Nc2ccc(C)c(Cl)c2)c(OCC)c1. The first-order valence-corrected chi connectivity index (χ1v) is 13.1. The van der Waals surface area contributed by atoms with Crippen molar-refractivity contribution in [3.63, 3.8) is 0 Å². The van der Waals surface area contributed by atoms with Gasteiger partial charge in [-0.25, -0.2) is 9.79 Å². The van der Waals surface area contributed by atoms with Gasteiger partial charge >= 0.3 is 5.97 Å². The van der Waals surface area contributed by atoms with Crippen molar-refractivity contribution >= 4 is 46.1 Å². The topological polar surface area (TPSA) is 89.5 Å². The summed E-state index contributed by atoms with van der Waals surface area (Å²) in [4.78, 5) is 31.9. The number of benzene rings is 2. The van der Waals surface area contributed by atoms with Crippen LogP contribution in [-0.2, 0) is 14.3 Å². The maximum Gasteiger partial charge on any atom is 0.338 e. The van der Waals surface area contributed by atoms with Gasteiger partial charge in [-0.2, -0.15) is 0 Å². The predicted molar refractivity (Wildman–Crippen MR) is 146 cm³/mol. The van der Waals surface area contributed by atoms with E-state index in [9.17, 15) is 9.59 Å². The monoisotopic (exact) mass is 541 g/mol. The van der Waals surface area contributed by atoms with E-state index in [0.717, 1.165) is 16.3 Å². The number of esters is 1. The third-order valence-electron chi connectivity index (χ3n) is 5.71. The highest BCUT2D eigenvalue weighted by atomic mass is 35.5. The van der Waals surface area contributed by atoms with Gasteiger partial charge in [0.2, 0.25) is 0 Å². The summed E-state index contributed by atoms with van der Waals surface area (Å²) in [5.41, 5.74) is 3.39. The number of aliphatic imine (C=N–C) groups is 1. The molecule has 2 aliphatic heterocycles. The summed E-state index contributed by atoms with van der Waals surface area (Å²) in [6, 6.07) is 10.3. The maximum atomic E-state index is 12.9. The lowest BCUT2D eigenvalue weighted by atomic mass is 9.94. The predicted octanol–water partition coefficient (Wildman–Crippen LogP) is 5.83. The molecule has 37 heavy (non-hydrogen) atoms. The summed E-state index contributed by atoms with van der Waals surface area (Å²) in [5.74, 6) is 0.135. The molecule has 1 amide bonds. The minimum absolute atomic E-state index is 0.219. The van der Waals surface area contributed by atoms with E-state index in [2.05, 4.69) is 10.3 Å². The van der Waals surface area contributed by atoms with Crippen LogP contribution in [0, 0.1) is 6.92 Å². The molecular formula is C27H28ClN3O5S. The number of anilines is 1. The van der Waals surface area contributed by atoms with E-state index in [1.54, 1.807) is 25.1 Å². The quantitative estimate of drug-likeness (QED) is 0.399. The van der Waals surface area contributed by atoms with Crippen LogP contribution < -0.4 is 14.8 Å². The fourth-order valence-electron chi connectivity index (χ4n) is 3.99. The number of carbonyl (C=O) groups is 2. The summed E-state index contributed by atoms with van der Waals surface area (Å²) < 4.78 is 17.0. The molecule has 0 aromatic heterocycles. The first-order valence-electron chi connectivity index (χ1n) is 11.9. The van der Waals surface area contributed by atoms with Crippen molar-refractivity contribution in [1.82, 2.24) is 4.90 Å². The zero-order valence-electron chi connectivity index (χ0n) is 21.0. The van der Waals surface area contributed by atoms with Gasteiger partial charge in [0.05, 0.1) is 30.5 Å². The van der Waals surface area contributed by atoms with Crippen LogP contribution in [0.2, 0.25) is 5.02 Å². The van der Waals surface area contributed by atoms with Gasteiger partial charge in [-0.05, 0) is 68.5 Å². The fraction of sp³-hybridized carbons (Fsp3) is 0.296. The van der Waals surface area contributed by atoms with E-state index in [0.29, 0.717) is 40.1 Å². The van der Waals surface area contributed by atoms with Gasteiger partial charge in [-0.1, -0.05) is 35.5 Å². The van der Waals surface area contributed by atoms with Crippen LogP contribution in [0.3, 0.4) is 0 Å². The van der Waals surface area contributed by atoms with Gasteiger partial charge in [0.15, 0.2) is 23.3 Å². The Bertz CT molecular complexity index is 1310. The molecule has 2 heterocycles. The largest absolute Gasteiger partial charge is 0.490 e. The number of hydrogen-bond donors (Lipinski definition) is 1. The summed E-state index contributed by atoms with van der Waals surface area (Å²) in [6.07, 6.45) is 1.90. The van der Waals surface area contributed by atoms with Crippen LogP contribution in [0.4, 0.5) is 5.69 Å². The Labute approximate surface area is 225 Å². The summed E-state index contributed by atoms with van der Waals surface area (Å²) in [7, 11) is 0. The smallest absolute Gasteiger partial charge is 0.338 e. The first kappa shape index (κ1) is 26.6. The number of allylic oxidation sites excluding steroid dienone is 1. The van der Waals surface area contributed by atoms with Gasteiger partial charge in [-0.3, -0.25) is 4.79 Å². The minimum Gasteiger partial charge on any atom is -0.490 e. The number of amides is 1. The molecule has 4 rings (SSSR count). The molecule has 2 aliphatic rings. The van der Waals surface area contributed by atoms with E-state index >= 15 is 0 Å². The lowest BCUT2D eigenvalue weighted by Gasteiger charge is -2.33. The van der Waals surface area contributed by atoms with Crippen molar-refractivity contribution in [3.05, 3.63) is 75.4 Å². The molecule has 0 bridgehead atoms. The maximum absolute atomic E-state index is 12.9. The number of halogens is 1. The van der Waals surface area contributed by atoms with Gasteiger partial charge in [0.1, 0.15) is 0 Å². The van der Waals surface area contributed by atoms with Crippen LogP contribution in [0.25, 0.3) is 0 Å². The number of hydrogen-bond acceptors (Lipinski definition) is 8. The molecule has 8 nitrogen and oxygen atoms in total. The first-order chi connectivity index (χ1) is 17.8. The number of thioether (sulfide) groups is 1. The van der Waals surface area contributed by atoms with E-state index in [4.69, 9.17) is 25.8 Å². The second kappa shape index (κ2) is 11.7. The third kappa shape index (κ3) is 5.94. The van der Waals surface area contributed by atoms with E-state index < -0.39 is 12.0 Å². The molecule has 2 aromatic carbocycles. The lowest BCUT2D eigenvalue weighted by molar-refractivity contribution is -0.139. The highest BCUT2D eigenvalue weighted by Gasteiger charge is 2.37. The third-order valence-corrected chi connectivity index (χ3v) is 6.89. The molecule has 194 valence electrons. The molecule has 1 atom stereocenters. The number of ether oxygens (including phenoxy) is 3. The molecule has 0 unspecified atom stereocenters. The highest BCUT2D eigenvalue weighted by Crippen LogP contribution is 2.43. The molecule has 0 aliphatic carbocycles. The van der Waals surface area contributed by atoms with Crippen LogP contribution in [0.1, 0.15) is 37.9 Å². The van der Waals surface area contributed by atoms with Crippen LogP contribution in [-0.4, -0.2) is 41.8 Å². The number of amidine groups is 1. The van der Waals surface area contributed by atoms with Gasteiger partial charge in [0, 0.05) is 16.9 Å². The average Bonchev–Trinajstić information content (AvgIpc) is 3.33. The van der Waals surface area contributed by atoms with Crippen molar-refractivity contribution in [2.24, 2.45) is 4.99 Å². The number of aryl methyl sites for hydroxylation is 1. The standard InChI is InChI=1S/C27H28ClN3O5S/c1-5-34-22-13-18(25-24(26(33)35-6-2)17(4)29-27-31(25)11-12-37-27)8-10-21(22)36-15-23(32)30-19-9-7-16(3)20(28)14-19/h7-14,25H,5-6,15H2,1-4H3,(H,30,32)/t25-/m1/s1. The van der Waals surface area contributed by atoms with E-state index in [-0.39, 0.29) is 19.1 Å². The van der Waals surface area contributed by atoms with Gasteiger partial charge < -0.3 is 24.4 Å². The Kier molecular flexibility index (Phi) is 8.45. The molecule has 0 saturated heterocycles. The second-order valence-electron chi connectivity index (χ2n) is 8.27. The highest BCUT2D eigenvalue weighted by molar-refractivity contribution is 8.16. The van der Waals surface area contributed by atoms with Crippen molar-refractivity contribution in [2.75, 3.05) is 25.1 Å². The Hall–Kier alpha value is -3.43. The molecule has 0 spiro atoms. The van der Waals surface area contributed by atoms with Crippen LogP contribution in [0.5, 0.6) is 11.5 Å². The molecule has 0 saturated carbocycles. The Balaban J connectivity index is 1.57. The number of rotatable bonds is 9. The zero-order chi connectivity index (χ0) is 26.5. The lowest BCUT2D eigenvalue weighted by Crippen LogP contribution is -2.34. The van der Waals surface area contributed by atoms with Crippen LogP contribution >= 0.6 is 23.4 Å². The molecule has 0 radical (unpaired) electrons. The number of nitrogens with zero attached hydrogens (tertiary/aromatic N) is 2. The zero-order valence-corrected chi connectivity index (χ0v) is 22.6. The molecule has 2 aromatic rings. The number of nitrogens with one attached hydrogen (secondary N) is 1. The Morgan fingerprint density at radius 1 is 1.08 bits per heavy atom. The Morgan fingerprint density at radius 2 is 1.89 bits per heavy atom. The molecule has 10 heteroatoms. The minimum atomic E-state index is -0.444. The molecule has 0 fully saturated rings. The summed E-state index contributed by atoms with van der Waals surface area (Å²) >= 11 is 7.63. The van der Waals surface area contributed by atoms with Crippen LogP contribution in [0.15, 0.2) is 64.3 Å². The number of carbonyl (C=O) groups excluding carboxylic acids is 2. The fourth-order valence-corrected chi connectivity index (χ4v) is 4.96. The van der Waals surface area contributed by atoms with Gasteiger partial charge in [0.25, 0.3) is 5.91 Å². The molecule has 1 N–H and O–H groups in total. The Morgan fingerprint density at radius 3 is 2.62 bits per heavy atom. The van der Waals surface area contributed by atoms with Crippen molar-refractivity contribution < 1.29 is 23.8 Å². The second-order valence-corrected chi connectivity index (χ2v) is 9.55. The van der Waals surface area contributed by atoms with Crippen molar-refractivity contribution in [2.45, 2.75) is 33.7 Å². The van der Waals surface area contributed by atoms with E-state index in [1.165, 1.54) is 11.8 Å². The number of fused-ring (bicyclic) bond motifs is 1.